The largest absolute Gasteiger partial charge is 0.282 e. The smallest absolute Gasteiger partial charge is 0.270 e. The van der Waals surface area contributed by atoms with Gasteiger partial charge in [0.2, 0.25) is 0 Å². The molecule has 5 nitrogen and oxygen atoms in total. The number of carbonyl (C=O) groups excluding carboxylic acids is 1. The van der Waals surface area contributed by atoms with E-state index in [0.717, 1.165) is 0 Å². The molecule has 0 saturated carbocycles. The summed E-state index contributed by atoms with van der Waals surface area (Å²) in [6.45, 7) is 0. The van der Waals surface area contributed by atoms with Gasteiger partial charge in [-0.1, -0.05) is 29.8 Å². The molecule has 6 heteroatoms. The van der Waals surface area contributed by atoms with E-state index < -0.39 is 0 Å². The minimum Gasteiger partial charge on any atom is -0.282 e. The Morgan fingerprint density at radius 1 is 1.19 bits per heavy atom. The van der Waals surface area contributed by atoms with E-state index in [1.54, 1.807) is 42.5 Å². The lowest BCUT2D eigenvalue weighted by Crippen LogP contribution is -2.33. The van der Waals surface area contributed by atoms with Crippen LogP contribution in [-0.4, -0.2) is 15.6 Å². The lowest BCUT2D eigenvalue weighted by molar-refractivity contribution is 0.101. The first-order valence-corrected chi connectivity index (χ1v) is 6.61. The Morgan fingerprint density at radius 2 is 1.95 bits per heavy atom. The standard InChI is InChI=1S/C15H11ClN4O/c16-11-6-7-13-12(8-11)14(17)20(9-18-13)19-15(21)10-4-2-1-3-5-10/h1-9,17H,(H,19,21). The van der Waals surface area contributed by atoms with Gasteiger partial charge in [-0.25, -0.2) is 9.66 Å². The molecule has 0 aliphatic heterocycles. The van der Waals surface area contributed by atoms with E-state index in [4.69, 9.17) is 17.0 Å². The van der Waals surface area contributed by atoms with E-state index in [-0.39, 0.29) is 11.4 Å². The van der Waals surface area contributed by atoms with Crippen molar-refractivity contribution in [2.75, 3.05) is 5.43 Å². The van der Waals surface area contributed by atoms with E-state index in [2.05, 4.69) is 10.4 Å². The molecule has 104 valence electrons. The van der Waals surface area contributed by atoms with Gasteiger partial charge in [-0.3, -0.25) is 15.6 Å². The van der Waals surface area contributed by atoms with E-state index in [1.807, 2.05) is 6.07 Å². The summed E-state index contributed by atoms with van der Waals surface area (Å²) in [6, 6.07) is 13.9. The highest BCUT2D eigenvalue weighted by molar-refractivity contribution is 6.31. The Labute approximate surface area is 125 Å². The summed E-state index contributed by atoms with van der Waals surface area (Å²) in [4.78, 5) is 16.3. The van der Waals surface area contributed by atoms with Gasteiger partial charge in [0.1, 0.15) is 6.33 Å². The molecule has 1 amide bonds. The summed E-state index contributed by atoms with van der Waals surface area (Å²) >= 11 is 5.94. The van der Waals surface area contributed by atoms with Gasteiger partial charge in [0.15, 0.2) is 5.49 Å². The first-order valence-electron chi connectivity index (χ1n) is 6.23. The number of carbonyl (C=O) groups is 1. The van der Waals surface area contributed by atoms with Crippen LogP contribution in [0.3, 0.4) is 0 Å². The second kappa shape index (κ2) is 5.38. The van der Waals surface area contributed by atoms with E-state index in [9.17, 15) is 4.79 Å². The normalized spacial score (nSPS) is 10.5. The first-order chi connectivity index (χ1) is 10.1. The van der Waals surface area contributed by atoms with Crippen LogP contribution in [0.2, 0.25) is 5.02 Å². The van der Waals surface area contributed by atoms with Gasteiger partial charge in [0, 0.05) is 16.0 Å². The summed E-state index contributed by atoms with van der Waals surface area (Å²) in [5, 5.41) is 9.23. The Balaban J connectivity index is 2.00. The maximum Gasteiger partial charge on any atom is 0.270 e. The Bertz CT molecular complexity index is 874. The van der Waals surface area contributed by atoms with Crippen LogP contribution < -0.4 is 10.9 Å². The van der Waals surface area contributed by atoms with Crippen molar-refractivity contribution in [2.45, 2.75) is 0 Å². The summed E-state index contributed by atoms with van der Waals surface area (Å²) in [7, 11) is 0. The maximum absolute atomic E-state index is 12.1. The van der Waals surface area contributed by atoms with Crippen LogP contribution in [0.1, 0.15) is 10.4 Å². The molecule has 2 N–H and O–H groups in total. The zero-order valence-corrected chi connectivity index (χ0v) is 11.6. The van der Waals surface area contributed by atoms with Crippen molar-refractivity contribution in [3.63, 3.8) is 0 Å². The zero-order chi connectivity index (χ0) is 14.8. The summed E-state index contributed by atoms with van der Waals surface area (Å²) in [5.74, 6) is -0.308. The number of hydrogen-bond donors (Lipinski definition) is 2. The molecule has 1 aromatic heterocycles. The number of halogens is 1. The topological polar surface area (TPSA) is 70.8 Å². The SMILES string of the molecule is N=c1c2cc(Cl)ccc2ncn1NC(=O)c1ccccc1. The van der Waals surface area contributed by atoms with Crippen molar-refractivity contribution in [3.8, 4) is 0 Å². The van der Waals surface area contributed by atoms with Gasteiger partial charge in [-0.15, -0.1) is 0 Å². The van der Waals surface area contributed by atoms with Crippen molar-refractivity contribution >= 4 is 28.4 Å². The van der Waals surface area contributed by atoms with Crippen LogP contribution in [0, 0.1) is 5.41 Å². The molecule has 0 radical (unpaired) electrons. The number of fused-ring (bicyclic) bond motifs is 1. The third-order valence-corrected chi connectivity index (χ3v) is 3.26. The second-order valence-corrected chi connectivity index (χ2v) is 4.87. The number of benzene rings is 2. The third kappa shape index (κ3) is 2.64. The fourth-order valence-electron chi connectivity index (χ4n) is 1.97. The molecule has 0 unspecified atom stereocenters. The molecule has 0 fully saturated rings. The molecular formula is C15H11ClN4O. The summed E-state index contributed by atoms with van der Waals surface area (Å²) < 4.78 is 1.27. The molecule has 1 heterocycles. The molecule has 3 rings (SSSR count). The molecule has 0 atom stereocenters. The molecular weight excluding hydrogens is 288 g/mol. The molecule has 21 heavy (non-hydrogen) atoms. The van der Waals surface area contributed by atoms with Crippen LogP contribution >= 0.6 is 11.6 Å². The molecule has 0 spiro atoms. The quantitative estimate of drug-likeness (QED) is 0.763. The zero-order valence-electron chi connectivity index (χ0n) is 10.9. The van der Waals surface area contributed by atoms with Gasteiger partial charge < -0.3 is 0 Å². The van der Waals surface area contributed by atoms with Crippen molar-refractivity contribution in [1.82, 2.24) is 9.66 Å². The van der Waals surface area contributed by atoms with E-state index in [0.29, 0.717) is 21.5 Å². The molecule has 0 saturated heterocycles. The van der Waals surface area contributed by atoms with Gasteiger partial charge in [0.05, 0.1) is 5.52 Å². The van der Waals surface area contributed by atoms with Gasteiger partial charge in [0.25, 0.3) is 5.91 Å². The molecule has 2 aromatic carbocycles. The lowest BCUT2D eigenvalue weighted by Gasteiger charge is -2.10. The fourth-order valence-corrected chi connectivity index (χ4v) is 2.14. The number of rotatable bonds is 2. The third-order valence-electron chi connectivity index (χ3n) is 3.02. The number of amides is 1. The molecule has 0 bridgehead atoms. The average Bonchev–Trinajstić information content (AvgIpc) is 2.51. The van der Waals surface area contributed by atoms with Crippen molar-refractivity contribution in [3.05, 3.63) is 70.9 Å². The summed E-state index contributed by atoms with van der Waals surface area (Å²) in [6.07, 6.45) is 1.40. The number of aromatic nitrogens is 2. The van der Waals surface area contributed by atoms with Crippen LogP contribution in [0.15, 0.2) is 54.9 Å². The van der Waals surface area contributed by atoms with Gasteiger partial charge in [-0.2, -0.15) is 0 Å². The number of hydrogen-bond acceptors (Lipinski definition) is 3. The second-order valence-electron chi connectivity index (χ2n) is 4.43. The fraction of sp³-hybridized carbons (Fsp3) is 0. The Hall–Kier alpha value is -2.66. The van der Waals surface area contributed by atoms with Crippen molar-refractivity contribution in [2.24, 2.45) is 0 Å². The average molecular weight is 299 g/mol. The van der Waals surface area contributed by atoms with Crippen molar-refractivity contribution < 1.29 is 4.79 Å². The Kier molecular flexibility index (Phi) is 3.41. The van der Waals surface area contributed by atoms with Crippen LogP contribution in [-0.2, 0) is 0 Å². The van der Waals surface area contributed by atoms with Gasteiger partial charge in [-0.05, 0) is 30.3 Å². The molecule has 0 aliphatic carbocycles. The first kappa shape index (κ1) is 13.3. The highest BCUT2D eigenvalue weighted by Crippen LogP contribution is 2.13. The monoisotopic (exact) mass is 298 g/mol. The predicted molar refractivity (Wildman–Crippen MR) is 80.7 cm³/mol. The van der Waals surface area contributed by atoms with Gasteiger partial charge >= 0.3 is 0 Å². The van der Waals surface area contributed by atoms with E-state index >= 15 is 0 Å². The van der Waals surface area contributed by atoms with E-state index in [1.165, 1.54) is 11.0 Å². The minimum atomic E-state index is -0.308. The lowest BCUT2D eigenvalue weighted by atomic mass is 10.2. The summed E-state index contributed by atoms with van der Waals surface area (Å²) in [5.41, 5.74) is 3.90. The molecule has 0 aliphatic rings. The van der Waals surface area contributed by atoms with Crippen molar-refractivity contribution in [1.29, 1.82) is 5.41 Å². The highest BCUT2D eigenvalue weighted by atomic mass is 35.5. The minimum absolute atomic E-state index is 0.117. The number of nitrogens with zero attached hydrogens (tertiary/aromatic N) is 2. The number of nitrogens with one attached hydrogen (secondary N) is 2. The molecule has 3 aromatic rings. The maximum atomic E-state index is 12.1. The predicted octanol–water partition coefficient (Wildman–Crippen LogP) is 2.55. The Morgan fingerprint density at radius 3 is 2.71 bits per heavy atom. The van der Waals surface area contributed by atoms with Crippen LogP contribution in [0.5, 0.6) is 0 Å². The van der Waals surface area contributed by atoms with Crippen LogP contribution in [0.4, 0.5) is 0 Å². The van der Waals surface area contributed by atoms with Crippen LogP contribution in [0.25, 0.3) is 10.9 Å². The highest BCUT2D eigenvalue weighted by Gasteiger charge is 2.07.